The summed E-state index contributed by atoms with van der Waals surface area (Å²) in [5.74, 6) is -5.28. The molecule has 5 N–H and O–H groups in total. The number of anilines is 1. The van der Waals surface area contributed by atoms with Crippen LogP contribution in [0.1, 0.15) is 33.6 Å². The summed E-state index contributed by atoms with van der Waals surface area (Å²) in [6, 6.07) is 7.02. The molecular formula is C25H16Li2N3O13S2+. The number of nitrogens with two attached hydrogens (primary N) is 1. The van der Waals surface area contributed by atoms with Crippen LogP contribution in [0.4, 0.5) is 5.69 Å². The van der Waals surface area contributed by atoms with Gasteiger partial charge in [0.25, 0.3) is 21.9 Å². The van der Waals surface area contributed by atoms with Gasteiger partial charge in [0.1, 0.15) is 15.0 Å². The van der Waals surface area contributed by atoms with Crippen LogP contribution in [-0.4, -0.2) is 59.9 Å². The van der Waals surface area contributed by atoms with Crippen LogP contribution < -0.4 is 48.8 Å². The minimum atomic E-state index is -5.45. The quantitative estimate of drug-likeness (QED) is 0.0505. The summed E-state index contributed by atoms with van der Waals surface area (Å²) < 4.78 is 76.7. The second-order valence-electron chi connectivity index (χ2n) is 9.11. The molecule has 0 saturated carbocycles. The molecule has 1 aliphatic carbocycles. The first-order chi connectivity index (χ1) is 20.0. The molecule has 1 fully saturated rings. The van der Waals surface area contributed by atoms with E-state index in [0.29, 0.717) is 0 Å². The Kier molecular flexibility index (Phi) is 9.81. The number of hydrogen-bond donors (Lipinski definition) is 4. The number of imide groups is 1. The number of carboxylic acid groups (broad SMARTS) is 1. The molecule has 2 aromatic carbocycles. The van der Waals surface area contributed by atoms with E-state index in [1.807, 2.05) is 0 Å². The van der Waals surface area contributed by atoms with Crippen molar-refractivity contribution in [1.29, 1.82) is 5.41 Å². The summed E-state index contributed by atoms with van der Waals surface area (Å²) >= 11 is 0. The molecule has 0 unspecified atom stereocenters. The Balaban J connectivity index is 0.00000276. The summed E-state index contributed by atoms with van der Waals surface area (Å²) in [5.41, 5.74) is 2.34. The van der Waals surface area contributed by atoms with Crippen LogP contribution >= 0.6 is 0 Å². The predicted octanol–water partition coefficient (Wildman–Crippen LogP) is -4.66. The topological polar surface area (TPSA) is 276 Å². The molecule has 0 bridgehead atoms. The van der Waals surface area contributed by atoms with Gasteiger partial charge in [0.15, 0.2) is 16.2 Å². The molecule has 45 heavy (non-hydrogen) atoms. The van der Waals surface area contributed by atoms with Gasteiger partial charge in [0, 0.05) is 29.4 Å². The standard InChI is InChI=1S/C25H17N3O13S2.2Li/c26-15-5-3-12-19(13-4-6-16(27)23(43(37,38)39)21(13)40-20(12)22(15)42(34,35)36)14-9-10(1-2-11(14)24(31)32)25(33)41-28-17(29)7-8-18(28)30;;/h1-6,9,26H,7-8,27H2,(H,31,32)(H,34,35,36)(H,37,38,39);;/q;2*+1/p-1. The smallest absolute Gasteiger partial charge is 0.744 e. The molecule has 5 rings (SSSR count). The third kappa shape index (κ3) is 6.28. The van der Waals surface area contributed by atoms with Gasteiger partial charge in [-0.15, -0.1) is 5.06 Å². The number of benzene rings is 3. The first-order valence-electron chi connectivity index (χ1n) is 11.8. The van der Waals surface area contributed by atoms with Crippen LogP contribution in [0.5, 0.6) is 0 Å². The number of nitrogens with one attached hydrogen (secondary N) is 1. The number of fused-ring (bicyclic) bond motifs is 2. The fraction of sp³-hybridized carbons (Fsp3) is 0.0800. The van der Waals surface area contributed by atoms with Crippen LogP contribution in [0, 0.1) is 5.41 Å². The summed E-state index contributed by atoms with van der Waals surface area (Å²) in [6.07, 6.45) is -0.411. The fourth-order valence-corrected chi connectivity index (χ4v) is 6.11. The van der Waals surface area contributed by atoms with E-state index in [0.717, 1.165) is 42.5 Å². The van der Waals surface area contributed by atoms with E-state index in [-0.39, 0.29) is 77.7 Å². The molecule has 2 aromatic rings. The molecule has 222 valence electrons. The van der Waals surface area contributed by atoms with Crippen LogP contribution in [-0.2, 0) is 34.7 Å². The Morgan fingerprint density at radius 3 is 2.13 bits per heavy atom. The number of nitrogen functional groups attached to an aromatic ring is 1. The van der Waals surface area contributed by atoms with Gasteiger partial charge >= 0.3 is 49.7 Å². The average molecular weight is 644 g/mol. The molecule has 0 aromatic heterocycles. The SMILES string of the molecule is N=c1ccc2c(-c3cc(C(=O)ON4C(=O)CCC4=O)ccc3C(=O)O)c3ccc(N)c(S(=O)(=O)[O-])c3oc-2c1S(=O)(=O)O.[Li+].[Li+]. The summed E-state index contributed by atoms with van der Waals surface area (Å²) in [7, 11) is -10.7. The van der Waals surface area contributed by atoms with Crippen molar-refractivity contribution in [1.82, 2.24) is 5.06 Å². The third-order valence-electron chi connectivity index (χ3n) is 6.44. The second-order valence-corrected chi connectivity index (χ2v) is 11.8. The van der Waals surface area contributed by atoms with Crippen molar-refractivity contribution in [2.75, 3.05) is 5.73 Å². The van der Waals surface area contributed by atoms with E-state index in [2.05, 4.69) is 0 Å². The summed E-state index contributed by atoms with van der Waals surface area (Å²) in [4.78, 5) is 51.7. The van der Waals surface area contributed by atoms with Crippen molar-refractivity contribution in [2.45, 2.75) is 22.6 Å². The number of carbonyl (C=O) groups excluding carboxylic acids is 3. The second kappa shape index (κ2) is 12.4. The Labute approximate surface area is 276 Å². The number of rotatable bonds is 6. The van der Waals surface area contributed by atoms with E-state index in [4.69, 9.17) is 20.4 Å². The van der Waals surface area contributed by atoms with Gasteiger partial charge in [-0.1, -0.05) is 0 Å². The zero-order valence-electron chi connectivity index (χ0n) is 23.2. The number of amides is 2. The summed E-state index contributed by atoms with van der Waals surface area (Å²) in [5, 5.41) is 17.2. The van der Waals surface area contributed by atoms with E-state index >= 15 is 0 Å². The number of aromatic carboxylic acids is 1. The minimum absolute atomic E-state index is 0. The fourth-order valence-electron chi connectivity index (χ4n) is 4.65. The first kappa shape index (κ1) is 35.5. The Morgan fingerprint density at radius 1 is 0.956 bits per heavy atom. The van der Waals surface area contributed by atoms with Crippen molar-refractivity contribution in [3.05, 3.63) is 58.9 Å². The van der Waals surface area contributed by atoms with Crippen LogP contribution in [0.15, 0.2) is 56.7 Å². The van der Waals surface area contributed by atoms with Crippen molar-refractivity contribution in [3.63, 3.8) is 0 Å². The molecule has 0 radical (unpaired) electrons. The minimum Gasteiger partial charge on any atom is -0.744 e. The summed E-state index contributed by atoms with van der Waals surface area (Å²) in [6.45, 7) is 0. The van der Waals surface area contributed by atoms with Gasteiger partial charge in [0.2, 0.25) is 0 Å². The normalized spacial score (nSPS) is 13.4. The Morgan fingerprint density at radius 2 is 1.58 bits per heavy atom. The van der Waals surface area contributed by atoms with Gasteiger partial charge in [-0.3, -0.25) is 19.6 Å². The van der Waals surface area contributed by atoms with E-state index in [9.17, 15) is 50.2 Å². The number of hydroxylamine groups is 2. The van der Waals surface area contributed by atoms with Crippen molar-refractivity contribution in [2.24, 2.45) is 0 Å². The zero-order valence-corrected chi connectivity index (χ0v) is 24.8. The maximum Gasteiger partial charge on any atom is 1.00 e. The van der Waals surface area contributed by atoms with Gasteiger partial charge in [0.05, 0.1) is 22.2 Å². The molecule has 0 spiro atoms. The van der Waals surface area contributed by atoms with Crippen LogP contribution in [0.25, 0.3) is 33.4 Å². The van der Waals surface area contributed by atoms with E-state index < -0.39 is 87.3 Å². The Hall–Kier alpha value is -3.98. The van der Waals surface area contributed by atoms with Crippen LogP contribution in [0.2, 0.25) is 0 Å². The number of nitrogens with zero attached hydrogens (tertiary/aromatic N) is 1. The maximum atomic E-state index is 12.9. The van der Waals surface area contributed by atoms with Gasteiger partial charge in [-0.25, -0.2) is 18.0 Å². The van der Waals surface area contributed by atoms with Gasteiger partial charge in [-0.2, -0.15) is 8.42 Å². The monoisotopic (exact) mass is 644 g/mol. The van der Waals surface area contributed by atoms with Crippen molar-refractivity contribution < 1.29 is 97.2 Å². The molecule has 2 heterocycles. The maximum absolute atomic E-state index is 12.9. The molecular weight excluding hydrogens is 628 g/mol. The first-order valence-corrected chi connectivity index (χ1v) is 14.6. The zero-order chi connectivity index (χ0) is 31.6. The number of carboxylic acids is 1. The van der Waals surface area contributed by atoms with E-state index in [1.165, 1.54) is 0 Å². The van der Waals surface area contributed by atoms with Gasteiger partial charge in [-0.05, 0) is 48.0 Å². The van der Waals surface area contributed by atoms with Crippen LogP contribution in [0.3, 0.4) is 0 Å². The molecule has 2 amide bonds. The number of hydrogen-bond acceptors (Lipinski definition) is 13. The number of carbonyl (C=O) groups is 4. The Bertz CT molecular complexity index is 2180. The average Bonchev–Trinajstić information content (AvgIpc) is 3.21. The van der Waals surface area contributed by atoms with Gasteiger partial charge < -0.3 is 24.6 Å². The van der Waals surface area contributed by atoms with Crippen molar-refractivity contribution >= 4 is 60.6 Å². The molecule has 2 aliphatic heterocycles. The van der Waals surface area contributed by atoms with E-state index in [1.54, 1.807) is 0 Å². The molecule has 0 atom stereocenters. The third-order valence-corrected chi connectivity index (χ3v) is 8.28. The van der Waals surface area contributed by atoms with Crippen molar-refractivity contribution in [3.8, 4) is 22.5 Å². The largest absolute Gasteiger partial charge is 1.00 e. The predicted molar refractivity (Wildman–Crippen MR) is 140 cm³/mol. The molecule has 20 heteroatoms. The molecule has 1 saturated heterocycles. The molecule has 3 aliphatic rings. The molecule has 16 nitrogen and oxygen atoms in total.